The number of β-amino-alcohol motifs (C(OH)–C–C–N with tert-alkyl or cyclic N) is 1. The maximum atomic E-state index is 14.0. The van der Waals surface area contributed by atoms with Gasteiger partial charge in [-0.15, -0.1) is 11.8 Å². The fourth-order valence-corrected chi connectivity index (χ4v) is 8.10. The van der Waals surface area contributed by atoms with E-state index in [0.29, 0.717) is 32.9 Å². The van der Waals surface area contributed by atoms with Gasteiger partial charge in [-0.1, -0.05) is 24.3 Å². The lowest BCUT2D eigenvalue weighted by atomic mass is 9.78. The van der Waals surface area contributed by atoms with Crippen molar-refractivity contribution in [2.45, 2.75) is 35.3 Å². The second kappa shape index (κ2) is 10.6. The Kier molecular flexibility index (Phi) is 7.52. The molecule has 3 saturated heterocycles. The second-order valence-electron chi connectivity index (χ2n) is 9.83. The van der Waals surface area contributed by atoms with E-state index in [4.69, 9.17) is 9.47 Å². The maximum absolute atomic E-state index is 14.0. The van der Waals surface area contributed by atoms with E-state index in [1.54, 1.807) is 11.8 Å². The van der Waals surface area contributed by atoms with Gasteiger partial charge in [-0.3, -0.25) is 19.3 Å². The van der Waals surface area contributed by atoms with Crippen LogP contribution in [0.3, 0.4) is 0 Å². The summed E-state index contributed by atoms with van der Waals surface area (Å²) in [7, 11) is 0. The monoisotopic (exact) mass is 505 g/mol. The highest BCUT2D eigenvalue weighted by Crippen LogP contribution is 2.60. The molecule has 0 aliphatic carbocycles. The summed E-state index contributed by atoms with van der Waals surface area (Å²) in [5, 5.41) is 9.53. The lowest BCUT2D eigenvalue weighted by Crippen LogP contribution is -2.54. The van der Waals surface area contributed by atoms with E-state index in [0.717, 1.165) is 38.9 Å². The molecule has 5 heterocycles. The molecule has 1 spiro atoms. The predicted octanol–water partition coefficient (Wildman–Crippen LogP) is 0.290. The van der Waals surface area contributed by atoms with Gasteiger partial charge in [-0.05, 0) is 19.3 Å². The van der Waals surface area contributed by atoms with Crippen molar-refractivity contribution in [2.75, 3.05) is 65.7 Å². The summed E-state index contributed by atoms with van der Waals surface area (Å²) in [5.74, 6) is -2.04. The first-order chi connectivity index (χ1) is 17.1. The number of hydrogen-bond acceptors (Lipinski definition) is 8. The van der Waals surface area contributed by atoms with Crippen molar-refractivity contribution < 1.29 is 29.0 Å². The number of carbonyl (C=O) groups is 3. The maximum Gasteiger partial charge on any atom is 0.311 e. The van der Waals surface area contributed by atoms with E-state index in [-0.39, 0.29) is 36.2 Å². The van der Waals surface area contributed by atoms with Crippen molar-refractivity contribution in [3.05, 3.63) is 24.3 Å². The highest BCUT2D eigenvalue weighted by Gasteiger charge is 2.70. The molecular weight excluding hydrogens is 470 g/mol. The Morgan fingerprint density at radius 3 is 2.66 bits per heavy atom. The van der Waals surface area contributed by atoms with E-state index in [1.807, 2.05) is 23.1 Å². The highest BCUT2D eigenvalue weighted by atomic mass is 32.2. The van der Waals surface area contributed by atoms with Gasteiger partial charge in [0.1, 0.15) is 6.04 Å². The number of morpholine rings is 1. The summed E-state index contributed by atoms with van der Waals surface area (Å²) < 4.78 is 10.2. The average molecular weight is 506 g/mol. The zero-order chi connectivity index (χ0) is 24.4. The van der Waals surface area contributed by atoms with Gasteiger partial charge in [-0.25, -0.2) is 0 Å². The standard InChI is InChI=1S/C25H35N3O6S/c29-14-11-28-21-23(31)27(10-9-26-12-16-33-17-13-26)8-5-7-25(21)20(22(28)30)19-18(35-25)6-3-1-2-4-15-34-24(19)32/h3,5-7,18-21,29H,1-2,4,8-17H2/b6-3-/t18-,19+,20+,21?,25+/m1/s1. The number of rotatable bonds is 5. The summed E-state index contributed by atoms with van der Waals surface area (Å²) in [6.07, 6.45) is 10.8. The number of likely N-dealkylation sites (tertiary alicyclic amines) is 1. The minimum atomic E-state index is -0.857. The highest BCUT2D eigenvalue weighted by molar-refractivity contribution is 8.02. The Labute approximate surface area is 210 Å². The first-order valence-corrected chi connectivity index (χ1v) is 13.6. The average Bonchev–Trinajstić information content (AvgIpc) is 3.24. The number of allylic oxidation sites excluding steroid dienone is 1. The molecule has 0 bridgehead atoms. The normalized spacial score (nSPS) is 36.9. The summed E-state index contributed by atoms with van der Waals surface area (Å²) in [5.41, 5.74) is 0. The molecule has 5 aliphatic rings. The quantitative estimate of drug-likeness (QED) is 0.421. The Bertz CT molecular complexity index is 890. The van der Waals surface area contributed by atoms with Crippen LogP contribution in [0.15, 0.2) is 24.3 Å². The van der Waals surface area contributed by atoms with Gasteiger partial charge in [0.15, 0.2) is 0 Å². The predicted molar refractivity (Wildman–Crippen MR) is 131 cm³/mol. The fraction of sp³-hybridized carbons (Fsp3) is 0.720. The molecule has 0 aromatic heterocycles. The van der Waals surface area contributed by atoms with E-state index in [9.17, 15) is 19.5 Å². The van der Waals surface area contributed by atoms with Gasteiger partial charge in [0.05, 0.1) is 43.0 Å². The minimum absolute atomic E-state index is 0.0709. The number of nitrogens with zero attached hydrogens (tertiary/aromatic N) is 3. The van der Waals surface area contributed by atoms with Crippen molar-refractivity contribution in [3.63, 3.8) is 0 Å². The number of aliphatic hydroxyl groups is 1. The largest absolute Gasteiger partial charge is 0.465 e. The van der Waals surface area contributed by atoms with Crippen molar-refractivity contribution in [2.24, 2.45) is 11.8 Å². The summed E-state index contributed by atoms with van der Waals surface area (Å²) in [6.45, 7) is 5.03. The molecule has 1 unspecified atom stereocenters. The van der Waals surface area contributed by atoms with Gasteiger partial charge in [-0.2, -0.15) is 0 Å². The first kappa shape index (κ1) is 24.8. The molecule has 5 aliphatic heterocycles. The molecule has 0 radical (unpaired) electrons. The Hall–Kier alpha value is -1.88. The van der Waals surface area contributed by atoms with Crippen LogP contribution in [0.25, 0.3) is 0 Å². The second-order valence-corrected chi connectivity index (χ2v) is 11.3. The molecule has 192 valence electrons. The lowest BCUT2D eigenvalue weighted by molar-refractivity contribution is -0.153. The number of ether oxygens (including phenoxy) is 2. The van der Waals surface area contributed by atoms with Crippen molar-refractivity contribution in [3.8, 4) is 0 Å². The molecule has 0 aromatic rings. The SMILES string of the molecule is O=C1OCCCC/C=C\[C@H]2S[C@]34C=CCN(CCN5CCOCC5)C(=O)C3N(CCO)C(=O)[C@@H]4[C@@H]12. The third-order valence-electron chi connectivity index (χ3n) is 7.82. The van der Waals surface area contributed by atoms with E-state index >= 15 is 0 Å². The van der Waals surface area contributed by atoms with Crippen LogP contribution in [-0.4, -0.2) is 119 Å². The number of cyclic esters (lactones) is 1. The number of amides is 2. The van der Waals surface area contributed by atoms with Crippen molar-refractivity contribution in [1.29, 1.82) is 0 Å². The van der Waals surface area contributed by atoms with Gasteiger partial charge in [0.25, 0.3) is 0 Å². The van der Waals surface area contributed by atoms with Crippen LogP contribution in [0.4, 0.5) is 0 Å². The number of carbonyl (C=O) groups excluding carboxylic acids is 3. The molecule has 0 saturated carbocycles. The van der Waals surface area contributed by atoms with Gasteiger partial charge >= 0.3 is 5.97 Å². The zero-order valence-electron chi connectivity index (χ0n) is 20.0. The van der Waals surface area contributed by atoms with Gasteiger partial charge < -0.3 is 24.4 Å². The van der Waals surface area contributed by atoms with Crippen LogP contribution >= 0.6 is 11.8 Å². The smallest absolute Gasteiger partial charge is 0.311 e. The molecule has 1 N–H and O–H groups in total. The van der Waals surface area contributed by atoms with E-state index < -0.39 is 22.6 Å². The zero-order valence-corrected chi connectivity index (χ0v) is 20.9. The number of esters is 1. The Morgan fingerprint density at radius 2 is 1.86 bits per heavy atom. The third kappa shape index (κ3) is 4.54. The van der Waals surface area contributed by atoms with Gasteiger partial charge in [0, 0.05) is 44.5 Å². The minimum Gasteiger partial charge on any atom is -0.465 e. The van der Waals surface area contributed by atoms with Crippen LogP contribution in [0.2, 0.25) is 0 Å². The number of fused-ring (bicyclic) bond motifs is 2. The summed E-state index contributed by atoms with van der Waals surface area (Å²) >= 11 is 1.54. The first-order valence-electron chi connectivity index (χ1n) is 12.8. The number of aliphatic hydroxyl groups excluding tert-OH is 1. The molecule has 0 aromatic carbocycles. The van der Waals surface area contributed by atoms with E-state index in [1.165, 1.54) is 4.90 Å². The molecule has 3 fully saturated rings. The molecule has 10 heteroatoms. The van der Waals surface area contributed by atoms with Crippen LogP contribution in [0, 0.1) is 11.8 Å². The van der Waals surface area contributed by atoms with Crippen LogP contribution in [0.5, 0.6) is 0 Å². The van der Waals surface area contributed by atoms with Crippen LogP contribution in [0.1, 0.15) is 19.3 Å². The van der Waals surface area contributed by atoms with Crippen molar-refractivity contribution >= 4 is 29.5 Å². The summed E-state index contributed by atoms with van der Waals surface area (Å²) in [6, 6.07) is -0.751. The number of hydrogen-bond donors (Lipinski definition) is 1. The van der Waals surface area contributed by atoms with E-state index in [2.05, 4.69) is 11.0 Å². The van der Waals surface area contributed by atoms with Crippen LogP contribution < -0.4 is 0 Å². The van der Waals surface area contributed by atoms with Crippen molar-refractivity contribution in [1.82, 2.24) is 14.7 Å². The molecule has 2 amide bonds. The topological polar surface area (TPSA) is 99.6 Å². The molecule has 9 nitrogen and oxygen atoms in total. The molecule has 5 atom stereocenters. The molecular formula is C25H35N3O6S. The lowest BCUT2D eigenvalue weighted by Gasteiger charge is -2.36. The van der Waals surface area contributed by atoms with Crippen LogP contribution in [-0.2, 0) is 23.9 Å². The Morgan fingerprint density at radius 1 is 1.03 bits per heavy atom. The fourth-order valence-electron chi connectivity index (χ4n) is 6.10. The molecule has 35 heavy (non-hydrogen) atoms. The number of thioether (sulfide) groups is 1. The Balaban J connectivity index is 1.46. The third-order valence-corrected chi connectivity index (χ3v) is 9.56. The molecule has 5 rings (SSSR count). The van der Waals surface area contributed by atoms with Gasteiger partial charge in [0.2, 0.25) is 11.8 Å². The summed E-state index contributed by atoms with van der Waals surface area (Å²) in [4.78, 5) is 46.7.